The van der Waals surface area contributed by atoms with Crippen molar-refractivity contribution in [3.8, 4) is 0 Å². The van der Waals surface area contributed by atoms with Crippen molar-refractivity contribution in [1.82, 2.24) is 5.32 Å². The highest BCUT2D eigenvalue weighted by Gasteiger charge is 2.28. The van der Waals surface area contributed by atoms with Gasteiger partial charge in [-0.1, -0.05) is 39.5 Å². The van der Waals surface area contributed by atoms with Crippen molar-refractivity contribution in [2.24, 2.45) is 5.92 Å². The quantitative estimate of drug-likeness (QED) is 0.642. The Morgan fingerprint density at radius 1 is 1.25 bits per heavy atom. The van der Waals surface area contributed by atoms with Crippen LogP contribution in [0.25, 0.3) is 0 Å². The van der Waals surface area contributed by atoms with Gasteiger partial charge in [0.1, 0.15) is 0 Å². The third kappa shape index (κ3) is 4.84. The van der Waals surface area contributed by atoms with Gasteiger partial charge in [-0.05, 0) is 26.3 Å². The number of hydrogen-bond acceptors (Lipinski definition) is 2. The summed E-state index contributed by atoms with van der Waals surface area (Å²) in [5.41, 5.74) is 0. The lowest BCUT2D eigenvalue weighted by molar-refractivity contribution is 0.116. The largest absolute Gasteiger partial charge is 0.378 e. The van der Waals surface area contributed by atoms with E-state index in [1.165, 1.54) is 38.5 Å². The van der Waals surface area contributed by atoms with Crippen LogP contribution < -0.4 is 5.32 Å². The van der Waals surface area contributed by atoms with Gasteiger partial charge in [-0.2, -0.15) is 0 Å². The molecular weight excluding hydrogens is 198 g/mol. The maximum atomic E-state index is 5.68. The zero-order chi connectivity index (χ0) is 11.8. The molecule has 1 aliphatic heterocycles. The molecule has 1 fully saturated rings. The smallest absolute Gasteiger partial charge is 0.0551 e. The lowest BCUT2D eigenvalue weighted by Gasteiger charge is -2.23. The maximum absolute atomic E-state index is 5.68. The summed E-state index contributed by atoms with van der Waals surface area (Å²) in [6.07, 6.45) is 8.52. The average Bonchev–Trinajstić information content (AvgIpc) is 2.69. The van der Waals surface area contributed by atoms with Gasteiger partial charge < -0.3 is 10.1 Å². The van der Waals surface area contributed by atoms with Gasteiger partial charge in [0.2, 0.25) is 0 Å². The molecule has 1 heterocycles. The van der Waals surface area contributed by atoms with Gasteiger partial charge in [0.25, 0.3) is 0 Å². The Balaban J connectivity index is 2.23. The molecule has 3 unspecified atom stereocenters. The van der Waals surface area contributed by atoms with Crippen LogP contribution >= 0.6 is 0 Å². The second-order valence-electron chi connectivity index (χ2n) is 5.15. The Hall–Kier alpha value is -0.0800. The van der Waals surface area contributed by atoms with E-state index >= 15 is 0 Å². The molecule has 0 aromatic rings. The van der Waals surface area contributed by atoms with Crippen LogP contribution in [-0.4, -0.2) is 25.3 Å². The Bertz CT molecular complexity index is 172. The topological polar surface area (TPSA) is 21.3 Å². The van der Waals surface area contributed by atoms with Crippen LogP contribution in [0.3, 0.4) is 0 Å². The predicted molar refractivity (Wildman–Crippen MR) is 69.7 cm³/mol. The Labute approximate surface area is 101 Å². The molecule has 1 saturated heterocycles. The van der Waals surface area contributed by atoms with Crippen LogP contribution in [0, 0.1) is 5.92 Å². The first-order chi connectivity index (χ1) is 7.77. The summed E-state index contributed by atoms with van der Waals surface area (Å²) in [5.74, 6) is 0.747. The minimum atomic E-state index is 0.474. The summed E-state index contributed by atoms with van der Waals surface area (Å²) in [4.78, 5) is 0. The van der Waals surface area contributed by atoms with E-state index in [1.54, 1.807) is 0 Å². The zero-order valence-electron chi connectivity index (χ0n) is 11.3. The summed E-state index contributed by atoms with van der Waals surface area (Å²) in [6, 6.07) is 0.687. The number of rotatable bonds is 8. The molecule has 3 atom stereocenters. The molecule has 2 heteroatoms. The van der Waals surface area contributed by atoms with E-state index < -0.39 is 0 Å². The van der Waals surface area contributed by atoms with Crippen molar-refractivity contribution in [2.75, 3.05) is 13.2 Å². The summed E-state index contributed by atoms with van der Waals surface area (Å²) in [7, 11) is 0. The standard InChI is InChI=1S/C14H29NO/c1-4-6-7-8-9-14(15-5-2)13-10-12(3)16-11-13/h12-15H,4-11H2,1-3H3. The van der Waals surface area contributed by atoms with Crippen LogP contribution in [0.2, 0.25) is 0 Å². The van der Waals surface area contributed by atoms with Gasteiger partial charge in [-0.3, -0.25) is 0 Å². The van der Waals surface area contributed by atoms with Crippen molar-refractivity contribution >= 4 is 0 Å². The zero-order valence-corrected chi connectivity index (χ0v) is 11.3. The summed E-state index contributed by atoms with van der Waals surface area (Å²) in [6.45, 7) is 8.72. The molecule has 1 aliphatic rings. The van der Waals surface area contributed by atoms with Gasteiger partial charge in [-0.15, -0.1) is 0 Å². The van der Waals surface area contributed by atoms with Crippen molar-refractivity contribution in [3.63, 3.8) is 0 Å². The summed E-state index contributed by atoms with van der Waals surface area (Å²) >= 11 is 0. The van der Waals surface area contributed by atoms with Gasteiger partial charge in [0.15, 0.2) is 0 Å². The Morgan fingerprint density at radius 3 is 2.62 bits per heavy atom. The lowest BCUT2D eigenvalue weighted by Crippen LogP contribution is -2.36. The van der Waals surface area contributed by atoms with E-state index in [-0.39, 0.29) is 0 Å². The van der Waals surface area contributed by atoms with Gasteiger partial charge in [-0.25, -0.2) is 0 Å². The highest BCUT2D eigenvalue weighted by atomic mass is 16.5. The molecule has 2 nitrogen and oxygen atoms in total. The number of hydrogen-bond donors (Lipinski definition) is 1. The minimum Gasteiger partial charge on any atom is -0.378 e. The molecule has 0 amide bonds. The van der Waals surface area contributed by atoms with Crippen LogP contribution in [-0.2, 0) is 4.74 Å². The van der Waals surface area contributed by atoms with E-state index in [2.05, 4.69) is 26.1 Å². The number of nitrogens with one attached hydrogen (secondary N) is 1. The molecule has 1 rings (SSSR count). The highest BCUT2D eigenvalue weighted by Crippen LogP contribution is 2.25. The molecule has 16 heavy (non-hydrogen) atoms. The monoisotopic (exact) mass is 227 g/mol. The van der Waals surface area contributed by atoms with Crippen molar-refractivity contribution < 1.29 is 4.74 Å². The SMILES string of the molecule is CCCCCCC(NCC)C1COC(C)C1. The first kappa shape index (κ1) is 14.0. The average molecular weight is 227 g/mol. The molecule has 0 aliphatic carbocycles. The normalized spacial score (nSPS) is 27.2. The molecule has 0 saturated carbocycles. The fourth-order valence-electron chi connectivity index (χ4n) is 2.69. The molecule has 0 radical (unpaired) electrons. The first-order valence-corrected chi connectivity index (χ1v) is 7.12. The van der Waals surface area contributed by atoms with Crippen LogP contribution in [0.5, 0.6) is 0 Å². The highest BCUT2D eigenvalue weighted by molar-refractivity contribution is 4.81. The van der Waals surface area contributed by atoms with Crippen LogP contribution in [0.1, 0.15) is 59.3 Å². The van der Waals surface area contributed by atoms with Crippen molar-refractivity contribution in [2.45, 2.75) is 71.4 Å². The fourth-order valence-corrected chi connectivity index (χ4v) is 2.69. The molecule has 0 bridgehead atoms. The molecule has 0 aromatic carbocycles. The van der Waals surface area contributed by atoms with E-state index in [1.807, 2.05) is 0 Å². The van der Waals surface area contributed by atoms with Crippen molar-refractivity contribution in [3.05, 3.63) is 0 Å². The third-order valence-corrected chi connectivity index (χ3v) is 3.63. The molecule has 96 valence electrons. The lowest BCUT2D eigenvalue weighted by atomic mass is 9.92. The second-order valence-corrected chi connectivity index (χ2v) is 5.15. The minimum absolute atomic E-state index is 0.474. The number of ether oxygens (including phenoxy) is 1. The van der Waals surface area contributed by atoms with Gasteiger partial charge in [0, 0.05) is 12.0 Å². The first-order valence-electron chi connectivity index (χ1n) is 7.12. The van der Waals surface area contributed by atoms with E-state index in [0.29, 0.717) is 12.1 Å². The summed E-state index contributed by atoms with van der Waals surface area (Å²) in [5, 5.41) is 3.64. The molecular formula is C14H29NO. The van der Waals surface area contributed by atoms with Crippen LogP contribution in [0.4, 0.5) is 0 Å². The van der Waals surface area contributed by atoms with E-state index in [4.69, 9.17) is 4.74 Å². The molecule has 0 aromatic heterocycles. The third-order valence-electron chi connectivity index (χ3n) is 3.63. The predicted octanol–water partition coefficient (Wildman–Crippen LogP) is 3.36. The fraction of sp³-hybridized carbons (Fsp3) is 1.00. The molecule has 0 spiro atoms. The Kier molecular flexibility index (Phi) is 7.06. The molecule has 1 N–H and O–H groups in total. The Morgan fingerprint density at radius 2 is 2.06 bits per heavy atom. The second kappa shape index (κ2) is 8.08. The van der Waals surface area contributed by atoms with Crippen LogP contribution in [0.15, 0.2) is 0 Å². The van der Waals surface area contributed by atoms with Gasteiger partial charge in [0.05, 0.1) is 12.7 Å². The van der Waals surface area contributed by atoms with E-state index in [0.717, 1.165) is 19.1 Å². The number of unbranched alkanes of at least 4 members (excludes halogenated alkanes) is 3. The van der Waals surface area contributed by atoms with E-state index in [9.17, 15) is 0 Å². The van der Waals surface area contributed by atoms with Crippen molar-refractivity contribution in [1.29, 1.82) is 0 Å². The summed E-state index contributed by atoms with van der Waals surface area (Å²) < 4.78 is 5.68. The van der Waals surface area contributed by atoms with Gasteiger partial charge >= 0.3 is 0 Å². The maximum Gasteiger partial charge on any atom is 0.0551 e.